The molecule has 0 unspecified atom stereocenters. The third kappa shape index (κ3) is 17.5. The quantitative estimate of drug-likeness (QED) is 0.0557. The molecule has 0 saturated carbocycles. The van der Waals surface area contributed by atoms with Gasteiger partial charge in [0.1, 0.15) is 23.3 Å². The zero-order chi connectivity index (χ0) is 102. The van der Waals surface area contributed by atoms with E-state index in [-0.39, 0.29) is 23.3 Å². The molecule has 8 heteroatoms. The summed E-state index contributed by atoms with van der Waals surface area (Å²) in [5, 5.41) is 12.3. The molecule has 24 rings (SSSR count). The molecule has 716 valence electrons. The molecule has 0 fully saturated rings. The molecular weight excluding hydrogens is 1810 g/mol. The molecule has 0 radical (unpaired) electrons. The summed E-state index contributed by atoms with van der Waals surface area (Å²) < 4.78 is 71.9. The van der Waals surface area contributed by atoms with Gasteiger partial charge in [0.2, 0.25) is 0 Å². The van der Waals surface area contributed by atoms with Crippen LogP contribution >= 0.6 is 0 Å². The molecule has 0 aromatic heterocycles. The van der Waals surface area contributed by atoms with E-state index in [9.17, 15) is 0 Å². The normalized spacial score (nSPS) is 11.5. The Balaban J connectivity index is 0.000000163. The molecule has 0 N–H and O–H groups in total. The van der Waals surface area contributed by atoms with E-state index >= 15 is 17.6 Å². The fourth-order valence-electron chi connectivity index (χ4n) is 22.4. The van der Waals surface area contributed by atoms with Crippen LogP contribution in [0.1, 0.15) is 66.8 Å². The van der Waals surface area contributed by atoms with Crippen LogP contribution in [0.4, 0.5) is 85.8 Å². The topological polar surface area (TPSA) is 13.0 Å². The summed E-state index contributed by atoms with van der Waals surface area (Å²) in [5.41, 5.74) is 35.5. The van der Waals surface area contributed by atoms with Crippen LogP contribution in [-0.4, -0.2) is 0 Å². The number of anilines is 12. The predicted molar refractivity (Wildman–Crippen MR) is 619 cm³/mol. The van der Waals surface area contributed by atoms with Gasteiger partial charge in [-0.3, -0.25) is 0 Å². The Bertz CT molecular complexity index is 8840. The first kappa shape index (κ1) is 93.9. The first-order valence-corrected chi connectivity index (χ1v) is 50.7. The van der Waals surface area contributed by atoms with Crippen molar-refractivity contribution >= 4 is 133 Å². The number of hydrogen-bond donors (Lipinski definition) is 0. The molecule has 0 saturated heterocycles. The van der Waals surface area contributed by atoms with Crippen molar-refractivity contribution in [3.05, 3.63) is 527 Å². The maximum absolute atomic E-state index is 18.0. The minimum Gasteiger partial charge on any atom is -0.307 e. The molecule has 0 aliphatic carbocycles. The first-order valence-electron chi connectivity index (χ1n) is 50.7. The van der Waals surface area contributed by atoms with Crippen LogP contribution in [0.2, 0.25) is 0 Å². The van der Waals surface area contributed by atoms with Crippen molar-refractivity contribution in [2.75, 3.05) is 19.6 Å². The lowest BCUT2D eigenvalue weighted by molar-refractivity contribution is 0.629. The SMILES string of the molecule is Cc1cccc(-c2cc(F)c(N(c3cccc(C)c3)c3ccc4ccc5c(N(c6cccc(C)c6)c6c(F)cc(-c7cccc(C)c7)cc6-c6cccc(C)c6)ccc6ccc3c4c65)c(-c3cccc(C)c3)c2)c1.Cc1cccc(-c2cc(F)c(N(c3ccccc3C)c3ccc4ccc5c(N(c6ccccc6C)c6c(F)cc(-c7cccc(C)c7)cc6-c6cccc(C)c6)ccc6ccc3c4c65)c(-c3cccc(C)c3)c2)c1. The Morgan fingerprint density at radius 3 is 0.588 bits per heavy atom. The highest BCUT2D eigenvalue weighted by molar-refractivity contribution is 6.30. The summed E-state index contributed by atoms with van der Waals surface area (Å²) in [6, 6.07) is 150. The molecule has 148 heavy (non-hydrogen) atoms. The second kappa shape index (κ2) is 38.8. The minimum atomic E-state index is -0.330. The van der Waals surface area contributed by atoms with Crippen molar-refractivity contribution in [1.82, 2.24) is 0 Å². The number of nitrogens with zero attached hydrogens (tertiary/aromatic N) is 4. The molecule has 0 heterocycles. The zero-order valence-electron chi connectivity index (χ0n) is 84.9. The highest BCUT2D eigenvalue weighted by Gasteiger charge is 2.34. The molecular formula is C140H108F4N4. The summed E-state index contributed by atoms with van der Waals surface area (Å²) in [5.74, 6) is -1.32. The fraction of sp³-hybridized carbons (Fsp3) is 0.0857. The maximum atomic E-state index is 18.0. The second-order valence-electron chi connectivity index (χ2n) is 40.1. The van der Waals surface area contributed by atoms with Crippen LogP contribution < -0.4 is 19.6 Å². The molecule has 0 aliphatic rings. The van der Waals surface area contributed by atoms with Gasteiger partial charge >= 0.3 is 0 Å². The summed E-state index contributed by atoms with van der Waals surface area (Å²) in [7, 11) is 0. The Labute approximate surface area is 863 Å². The molecule has 0 aliphatic heterocycles. The smallest absolute Gasteiger partial charge is 0.148 e. The molecule has 24 aromatic carbocycles. The lowest BCUT2D eigenvalue weighted by atomic mass is 9.90. The number of para-hydroxylation sites is 2. The van der Waals surface area contributed by atoms with E-state index in [0.29, 0.717) is 22.7 Å². The largest absolute Gasteiger partial charge is 0.307 e. The Morgan fingerprint density at radius 2 is 0.351 bits per heavy atom. The van der Waals surface area contributed by atoms with E-state index in [0.717, 1.165) is 266 Å². The summed E-state index contributed by atoms with van der Waals surface area (Å²) >= 11 is 0. The van der Waals surface area contributed by atoms with Gasteiger partial charge in [-0.1, -0.05) is 372 Å². The summed E-state index contributed by atoms with van der Waals surface area (Å²) in [6.45, 7) is 24.9. The van der Waals surface area contributed by atoms with Crippen LogP contribution in [0.3, 0.4) is 0 Å². The van der Waals surface area contributed by atoms with Crippen molar-refractivity contribution in [3.8, 4) is 89.0 Å². The standard InChI is InChI=1S/2C70H54F2N2/c1-43-13-7-19-51(33-43)55-39-61(53-21-9-15-45(3)35-53)69(63(71)41-55)73(57-23-11-17-47(5)37-57)65-31-27-49-26-30-60-66(32-28-50-25-29-59(65)67(49)68(50)60)74(58-24-12-18-48(6)38-58)70-62(54-22-10-16-46(4)36-54)40-56(42-64(70)72)52-20-8-14-44(2)34-52;1-43-15-11-21-51(35-43)55-39-59(53-23-13-17-45(3)37-53)69(61(71)41-55)73(63-25-9-7-19-47(63)5)65-33-29-49-28-32-58-66(34-30-50-27-31-57(65)67(49)68(50)58)74(64-26-10-8-20-48(64)6)70-60(54-24-14-18-46(4)38-54)40-56(42-62(70)72)52-22-12-16-44(2)36-52/h2*7-42H,1-6H3. The molecule has 0 spiro atoms. The number of aryl methyl sites for hydroxylation is 12. The van der Waals surface area contributed by atoms with E-state index in [1.807, 2.05) is 109 Å². The van der Waals surface area contributed by atoms with Gasteiger partial charge in [-0.2, -0.15) is 0 Å². The van der Waals surface area contributed by atoms with Gasteiger partial charge in [-0.15, -0.1) is 0 Å². The van der Waals surface area contributed by atoms with E-state index in [2.05, 4.69) is 406 Å². The summed E-state index contributed by atoms with van der Waals surface area (Å²) in [4.78, 5) is 8.50. The van der Waals surface area contributed by atoms with Crippen LogP contribution in [0.15, 0.2) is 437 Å². The van der Waals surface area contributed by atoms with E-state index in [1.54, 1.807) is 24.3 Å². The van der Waals surface area contributed by atoms with Crippen molar-refractivity contribution in [2.24, 2.45) is 0 Å². The lowest BCUT2D eigenvalue weighted by Crippen LogP contribution is -2.16. The van der Waals surface area contributed by atoms with Gasteiger partial charge in [0, 0.05) is 66.5 Å². The Hall–Kier alpha value is -17.7. The average molecular weight is 1920 g/mol. The van der Waals surface area contributed by atoms with Gasteiger partial charge in [0.25, 0.3) is 0 Å². The van der Waals surface area contributed by atoms with Crippen molar-refractivity contribution < 1.29 is 17.6 Å². The van der Waals surface area contributed by atoms with E-state index in [4.69, 9.17) is 0 Å². The molecule has 4 nitrogen and oxygen atoms in total. The number of rotatable bonds is 20. The van der Waals surface area contributed by atoms with E-state index < -0.39 is 0 Å². The summed E-state index contributed by atoms with van der Waals surface area (Å²) in [6.07, 6.45) is 0. The van der Waals surface area contributed by atoms with Crippen molar-refractivity contribution in [2.45, 2.75) is 83.1 Å². The van der Waals surface area contributed by atoms with Crippen molar-refractivity contribution in [3.63, 3.8) is 0 Å². The van der Waals surface area contributed by atoms with Gasteiger partial charge in [-0.25, -0.2) is 17.6 Å². The second-order valence-corrected chi connectivity index (χ2v) is 40.1. The third-order valence-corrected chi connectivity index (χ3v) is 29.3. The lowest BCUT2D eigenvalue weighted by Gasteiger charge is -2.32. The van der Waals surface area contributed by atoms with Gasteiger partial charge in [0.15, 0.2) is 0 Å². The minimum absolute atomic E-state index is 0.328. The third-order valence-electron chi connectivity index (χ3n) is 29.3. The van der Waals surface area contributed by atoms with Gasteiger partial charge in [0.05, 0.1) is 45.5 Å². The fourth-order valence-corrected chi connectivity index (χ4v) is 22.4. The Morgan fingerprint density at radius 1 is 0.149 bits per heavy atom. The van der Waals surface area contributed by atoms with Crippen LogP contribution in [0, 0.1) is 106 Å². The van der Waals surface area contributed by atoms with Gasteiger partial charge in [-0.05, 0) is 324 Å². The first-order chi connectivity index (χ1) is 71.9. The van der Waals surface area contributed by atoms with E-state index in [1.165, 1.54) is 0 Å². The number of hydrogen-bond acceptors (Lipinski definition) is 4. The molecule has 24 aromatic rings. The maximum Gasteiger partial charge on any atom is 0.148 e. The van der Waals surface area contributed by atoms with Crippen LogP contribution in [0.25, 0.3) is 154 Å². The zero-order valence-corrected chi connectivity index (χ0v) is 84.9. The van der Waals surface area contributed by atoms with Gasteiger partial charge < -0.3 is 19.6 Å². The highest BCUT2D eigenvalue weighted by atomic mass is 19.1. The molecule has 0 atom stereocenters. The number of benzene rings is 24. The number of halogens is 4. The Kier molecular flexibility index (Phi) is 24.6. The monoisotopic (exact) mass is 1920 g/mol. The molecule has 0 bridgehead atoms. The van der Waals surface area contributed by atoms with Crippen LogP contribution in [0.5, 0.6) is 0 Å². The average Bonchev–Trinajstić information content (AvgIpc) is 0.713. The van der Waals surface area contributed by atoms with Crippen molar-refractivity contribution in [1.29, 1.82) is 0 Å². The van der Waals surface area contributed by atoms with Crippen LogP contribution in [-0.2, 0) is 0 Å². The predicted octanol–water partition coefficient (Wildman–Crippen LogP) is 40.6. The molecule has 0 amide bonds. The highest BCUT2D eigenvalue weighted by Crippen LogP contribution is 2.57.